The van der Waals surface area contributed by atoms with Crippen LogP contribution < -0.4 is 5.32 Å². The fraction of sp³-hybridized carbons (Fsp3) is 0.923. The van der Waals surface area contributed by atoms with Crippen molar-refractivity contribution in [3.8, 4) is 0 Å². The van der Waals surface area contributed by atoms with Crippen LogP contribution in [0.25, 0.3) is 0 Å². The highest BCUT2D eigenvalue weighted by Crippen LogP contribution is 2.15. The van der Waals surface area contributed by atoms with Crippen LogP contribution in [0.15, 0.2) is 0 Å². The lowest BCUT2D eigenvalue weighted by molar-refractivity contribution is 0.183. The maximum atomic E-state index is 11.9. The molecular formula is C13H25N3OS. The largest absolute Gasteiger partial charge is 0.337 e. The van der Waals surface area contributed by atoms with Crippen molar-refractivity contribution >= 4 is 17.8 Å². The lowest BCUT2D eigenvalue weighted by Crippen LogP contribution is -2.47. The van der Waals surface area contributed by atoms with Gasteiger partial charge in [-0.1, -0.05) is 6.92 Å². The van der Waals surface area contributed by atoms with Crippen molar-refractivity contribution in [1.29, 1.82) is 0 Å². The molecule has 0 spiro atoms. The monoisotopic (exact) mass is 271 g/mol. The van der Waals surface area contributed by atoms with Crippen LogP contribution in [0.5, 0.6) is 0 Å². The summed E-state index contributed by atoms with van der Waals surface area (Å²) in [7, 11) is 0. The van der Waals surface area contributed by atoms with Gasteiger partial charge in [-0.3, -0.25) is 0 Å². The van der Waals surface area contributed by atoms with Crippen molar-refractivity contribution in [1.82, 2.24) is 15.1 Å². The Kier molecular flexibility index (Phi) is 5.63. The van der Waals surface area contributed by atoms with Crippen LogP contribution in [0.2, 0.25) is 0 Å². The summed E-state index contributed by atoms with van der Waals surface area (Å²) < 4.78 is 0. The van der Waals surface area contributed by atoms with Crippen LogP contribution in [0.4, 0.5) is 4.79 Å². The van der Waals surface area contributed by atoms with E-state index in [1.54, 1.807) is 0 Å². The topological polar surface area (TPSA) is 35.6 Å². The Morgan fingerprint density at radius 2 is 1.89 bits per heavy atom. The summed E-state index contributed by atoms with van der Waals surface area (Å²) in [5.41, 5.74) is 0. The Morgan fingerprint density at radius 3 is 2.56 bits per heavy atom. The first-order chi connectivity index (χ1) is 8.75. The molecule has 0 aromatic carbocycles. The van der Waals surface area contributed by atoms with Crippen LogP contribution in [0, 0.1) is 5.92 Å². The molecule has 0 unspecified atom stereocenters. The van der Waals surface area contributed by atoms with Crippen LogP contribution >= 0.6 is 11.8 Å². The Morgan fingerprint density at radius 1 is 1.22 bits per heavy atom. The second-order valence-electron chi connectivity index (χ2n) is 5.36. The van der Waals surface area contributed by atoms with Gasteiger partial charge in [0, 0.05) is 37.7 Å². The van der Waals surface area contributed by atoms with Gasteiger partial charge < -0.3 is 15.1 Å². The molecule has 2 aliphatic rings. The van der Waals surface area contributed by atoms with Crippen LogP contribution in [0.3, 0.4) is 0 Å². The number of likely N-dealkylation sites (tertiary alicyclic amines) is 1. The normalized spacial score (nSPS) is 23.1. The summed E-state index contributed by atoms with van der Waals surface area (Å²) in [5.74, 6) is 3.04. The Hall–Kier alpha value is -0.420. The molecule has 2 aliphatic heterocycles. The maximum Gasteiger partial charge on any atom is 0.317 e. The lowest BCUT2D eigenvalue weighted by atomic mass is 9.99. The molecule has 18 heavy (non-hydrogen) atoms. The summed E-state index contributed by atoms with van der Waals surface area (Å²) >= 11 is 1.93. The van der Waals surface area contributed by atoms with Gasteiger partial charge in [0.25, 0.3) is 0 Å². The number of piperidine rings is 1. The zero-order valence-electron chi connectivity index (χ0n) is 11.4. The van der Waals surface area contributed by atoms with Crippen LogP contribution in [-0.4, -0.2) is 66.6 Å². The van der Waals surface area contributed by atoms with Gasteiger partial charge in [-0.15, -0.1) is 0 Å². The number of hydrogen-bond donors (Lipinski definition) is 1. The molecular weight excluding hydrogens is 246 g/mol. The average molecular weight is 271 g/mol. The standard InChI is InChI=1S/C13H25N3OS/c1-12-2-5-15(6-3-12)7-4-14-13(17)16-8-10-18-11-9-16/h12H,2-11H2,1H3,(H,14,17). The van der Waals surface area contributed by atoms with Gasteiger partial charge >= 0.3 is 6.03 Å². The third-order valence-electron chi connectivity index (χ3n) is 3.88. The molecule has 2 fully saturated rings. The number of nitrogens with zero attached hydrogens (tertiary/aromatic N) is 2. The highest BCUT2D eigenvalue weighted by atomic mass is 32.2. The van der Waals surface area contributed by atoms with Crippen molar-refractivity contribution in [2.75, 3.05) is 50.8 Å². The van der Waals surface area contributed by atoms with Gasteiger partial charge in [0.2, 0.25) is 0 Å². The number of hydrogen-bond acceptors (Lipinski definition) is 3. The first kappa shape index (κ1) is 14.0. The zero-order chi connectivity index (χ0) is 12.8. The SMILES string of the molecule is CC1CCN(CCNC(=O)N2CCSCC2)CC1. The quantitative estimate of drug-likeness (QED) is 0.844. The number of nitrogens with one attached hydrogen (secondary N) is 1. The summed E-state index contributed by atoms with van der Waals surface area (Å²) in [6.45, 7) is 8.30. The van der Waals surface area contributed by atoms with E-state index < -0.39 is 0 Å². The molecule has 0 bridgehead atoms. The van der Waals surface area contributed by atoms with Crippen molar-refractivity contribution in [2.24, 2.45) is 5.92 Å². The molecule has 0 saturated carbocycles. The smallest absolute Gasteiger partial charge is 0.317 e. The molecule has 0 aliphatic carbocycles. The summed E-state index contributed by atoms with van der Waals surface area (Å²) in [5, 5.41) is 3.05. The van der Waals surface area contributed by atoms with Gasteiger partial charge in [-0.25, -0.2) is 4.79 Å². The highest BCUT2D eigenvalue weighted by molar-refractivity contribution is 7.99. The van der Waals surface area contributed by atoms with Crippen LogP contribution in [-0.2, 0) is 0 Å². The molecule has 4 nitrogen and oxygen atoms in total. The first-order valence-corrected chi connectivity index (χ1v) is 8.24. The summed E-state index contributed by atoms with van der Waals surface area (Å²) in [4.78, 5) is 16.3. The predicted molar refractivity (Wildman–Crippen MR) is 77.1 cm³/mol. The number of urea groups is 1. The maximum absolute atomic E-state index is 11.9. The molecule has 104 valence electrons. The van der Waals surface area contributed by atoms with Crippen molar-refractivity contribution in [2.45, 2.75) is 19.8 Å². The average Bonchev–Trinajstić information content (AvgIpc) is 2.42. The Labute approximate surface area is 114 Å². The van der Waals surface area contributed by atoms with Gasteiger partial charge in [0.05, 0.1) is 0 Å². The fourth-order valence-electron chi connectivity index (χ4n) is 2.48. The summed E-state index contributed by atoms with van der Waals surface area (Å²) in [6.07, 6.45) is 2.61. The molecule has 1 N–H and O–H groups in total. The molecule has 5 heteroatoms. The van der Waals surface area contributed by atoms with E-state index in [0.29, 0.717) is 0 Å². The Bertz CT molecular complexity index is 261. The number of amides is 2. The lowest BCUT2D eigenvalue weighted by Gasteiger charge is -2.31. The molecule has 2 rings (SSSR count). The third-order valence-corrected chi connectivity index (χ3v) is 4.82. The zero-order valence-corrected chi connectivity index (χ0v) is 12.2. The molecule has 0 aromatic heterocycles. The summed E-state index contributed by atoms with van der Waals surface area (Å²) in [6, 6.07) is 0.126. The minimum Gasteiger partial charge on any atom is -0.337 e. The minimum atomic E-state index is 0.126. The third kappa shape index (κ3) is 4.35. The van der Waals surface area contributed by atoms with E-state index in [9.17, 15) is 4.79 Å². The van der Waals surface area contributed by atoms with E-state index >= 15 is 0 Å². The number of carbonyl (C=O) groups is 1. The molecule has 2 amide bonds. The van der Waals surface area contributed by atoms with Gasteiger partial charge in [0.15, 0.2) is 0 Å². The van der Waals surface area contributed by atoms with E-state index in [0.717, 1.165) is 43.6 Å². The first-order valence-electron chi connectivity index (χ1n) is 7.08. The number of thioether (sulfide) groups is 1. The van der Waals surface area contributed by atoms with Crippen molar-refractivity contribution in [3.63, 3.8) is 0 Å². The van der Waals surface area contributed by atoms with E-state index in [1.807, 2.05) is 16.7 Å². The Balaban J connectivity index is 1.58. The molecule has 2 heterocycles. The van der Waals surface area contributed by atoms with E-state index in [2.05, 4.69) is 17.1 Å². The fourth-order valence-corrected chi connectivity index (χ4v) is 3.39. The van der Waals surface area contributed by atoms with Gasteiger partial charge in [0.1, 0.15) is 0 Å². The van der Waals surface area contributed by atoms with E-state index in [-0.39, 0.29) is 6.03 Å². The van der Waals surface area contributed by atoms with Crippen molar-refractivity contribution < 1.29 is 4.79 Å². The number of rotatable bonds is 3. The van der Waals surface area contributed by atoms with Crippen molar-refractivity contribution in [3.05, 3.63) is 0 Å². The minimum absolute atomic E-state index is 0.126. The van der Waals surface area contributed by atoms with E-state index in [1.165, 1.54) is 25.9 Å². The second kappa shape index (κ2) is 7.24. The van der Waals surface area contributed by atoms with E-state index in [4.69, 9.17) is 0 Å². The second-order valence-corrected chi connectivity index (χ2v) is 6.58. The van der Waals surface area contributed by atoms with Crippen LogP contribution in [0.1, 0.15) is 19.8 Å². The molecule has 0 aromatic rings. The van der Waals surface area contributed by atoms with Gasteiger partial charge in [-0.05, 0) is 31.8 Å². The van der Waals surface area contributed by atoms with Gasteiger partial charge in [-0.2, -0.15) is 11.8 Å². The highest BCUT2D eigenvalue weighted by Gasteiger charge is 2.18. The predicted octanol–water partition coefficient (Wildman–Crippen LogP) is 1.48. The molecule has 0 radical (unpaired) electrons. The molecule has 2 saturated heterocycles. The number of carbonyl (C=O) groups excluding carboxylic acids is 1. The molecule has 0 atom stereocenters.